The SMILES string of the molecule is CCOC(=O)/C=C/c1nc(C(C)CC)c[n+]([O-])c1C(C)CC. The minimum atomic E-state index is -0.425. The van der Waals surface area contributed by atoms with Gasteiger partial charge in [-0.2, -0.15) is 4.73 Å². The predicted octanol–water partition coefficient (Wildman–Crippen LogP) is 3.32. The van der Waals surface area contributed by atoms with Crippen molar-refractivity contribution in [2.24, 2.45) is 0 Å². The standard InChI is InChI=1S/C17H26N2O3/c1-6-12(4)15-11-19(21)17(13(5)7-2)14(18-15)9-10-16(20)22-8-3/h9-13H,6-8H2,1-5H3/b10-9+. The van der Waals surface area contributed by atoms with E-state index in [0.29, 0.717) is 18.0 Å². The quantitative estimate of drug-likeness (QED) is 0.335. The van der Waals surface area contributed by atoms with Crippen molar-refractivity contribution in [2.45, 2.75) is 59.3 Å². The number of hydrogen-bond acceptors (Lipinski definition) is 4. The van der Waals surface area contributed by atoms with Gasteiger partial charge in [0, 0.05) is 17.9 Å². The highest BCUT2D eigenvalue weighted by molar-refractivity contribution is 5.86. The third-order valence-electron chi connectivity index (χ3n) is 3.86. The second kappa shape index (κ2) is 8.51. The molecule has 2 atom stereocenters. The van der Waals surface area contributed by atoms with Crippen LogP contribution in [0.15, 0.2) is 12.3 Å². The maximum atomic E-state index is 12.4. The van der Waals surface area contributed by atoms with E-state index in [4.69, 9.17) is 4.74 Å². The zero-order valence-electron chi connectivity index (χ0n) is 14.1. The number of rotatable bonds is 7. The summed E-state index contributed by atoms with van der Waals surface area (Å²) >= 11 is 0. The first-order chi connectivity index (χ1) is 10.4. The summed E-state index contributed by atoms with van der Waals surface area (Å²) in [6.07, 6.45) is 6.19. The Balaban J connectivity index is 3.29. The van der Waals surface area contributed by atoms with Crippen molar-refractivity contribution in [3.8, 4) is 0 Å². The van der Waals surface area contributed by atoms with Crippen molar-refractivity contribution in [1.82, 2.24) is 4.98 Å². The largest absolute Gasteiger partial charge is 0.618 e. The zero-order valence-corrected chi connectivity index (χ0v) is 14.1. The molecular weight excluding hydrogens is 280 g/mol. The number of nitrogens with zero attached hydrogens (tertiary/aromatic N) is 2. The van der Waals surface area contributed by atoms with Gasteiger partial charge in [-0.15, -0.1) is 0 Å². The van der Waals surface area contributed by atoms with Gasteiger partial charge in [0.1, 0.15) is 11.4 Å². The highest BCUT2D eigenvalue weighted by Crippen LogP contribution is 2.22. The van der Waals surface area contributed by atoms with Crippen molar-refractivity contribution in [1.29, 1.82) is 0 Å². The molecule has 2 unspecified atom stereocenters. The van der Waals surface area contributed by atoms with E-state index in [0.717, 1.165) is 23.3 Å². The second-order valence-electron chi connectivity index (χ2n) is 5.47. The highest BCUT2D eigenvalue weighted by Gasteiger charge is 2.22. The van der Waals surface area contributed by atoms with Crippen molar-refractivity contribution >= 4 is 12.0 Å². The molecule has 0 aliphatic carbocycles. The van der Waals surface area contributed by atoms with Gasteiger partial charge >= 0.3 is 5.97 Å². The van der Waals surface area contributed by atoms with Crippen molar-refractivity contribution in [2.75, 3.05) is 6.61 Å². The molecule has 1 rings (SSSR count). The van der Waals surface area contributed by atoms with E-state index < -0.39 is 5.97 Å². The molecule has 0 saturated carbocycles. The van der Waals surface area contributed by atoms with Gasteiger partial charge in [-0.05, 0) is 25.8 Å². The van der Waals surface area contributed by atoms with E-state index in [2.05, 4.69) is 11.9 Å². The molecule has 122 valence electrons. The van der Waals surface area contributed by atoms with Crippen LogP contribution in [0.3, 0.4) is 0 Å². The molecule has 0 aliphatic heterocycles. The van der Waals surface area contributed by atoms with E-state index in [-0.39, 0.29) is 11.8 Å². The molecule has 5 nitrogen and oxygen atoms in total. The molecule has 0 aromatic carbocycles. The fraction of sp³-hybridized carbons (Fsp3) is 0.588. The van der Waals surface area contributed by atoms with Gasteiger partial charge < -0.3 is 9.94 Å². The lowest BCUT2D eigenvalue weighted by atomic mass is 10.00. The Morgan fingerprint density at radius 2 is 1.95 bits per heavy atom. The van der Waals surface area contributed by atoms with Crippen LogP contribution in [-0.4, -0.2) is 17.6 Å². The minimum Gasteiger partial charge on any atom is -0.618 e. The van der Waals surface area contributed by atoms with Crippen LogP contribution in [0.5, 0.6) is 0 Å². The molecule has 1 aromatic heterocycles. The predicted molar refractivity (Wildman–Crippen MR) is 86.3 cm³/mol. The molecule has 0 aliphatic rings. The molecule has 0 amide bonds. The van der Waals surface area contributed by atoms with Gasteiger partial charge in [-0.25, -0.2) is 9.78 Å². The number of hydrogen-bond donors (Lipinski definition) is 0. The van der Waals surface area contributed by atoms with Crippen LogP contribution in [0.4, 0.5) is 0 Å². The lowest BCUT2D eigenvalue weighted by Crippen LogP contribution is -2.35. The first-order valence-electron chi connectivity index (χ1n) is 7.93. The van der Waals surface area contributed by atoms with Crippen LogP contribution < -0.4 is 4.73 Å². The summed E-state index contributed by atoms with van der Waals surface area (Å²) in [5, 5.41) is 12.4. The van der Waals surface area contributed by atoms with Crippen molar-refractivity contribution < 1.29 is 14.3 Å². The van der Waals surface area contributed by atoms with Gasteiger partial charge in [0.25, 0.3) is 0 Å². The lowest BCUT2D eigenvalue weighted by Gasteiger charge is -2.15. The van der Waals surface area contributed by atoms with E-state index in [1.165, 1.54) is 6.08 Å². The number of carbonyl (C=O) groups is 1. The van der Waals surface area contributed by atoms with Crippen LogP contribution in [0.25, 0.3) is 6.08 Å². The van der Waals surface area contributed by atoms with E-state index >= 15 is 0 Å². The van der Waals surface area contributed by atoms with Gasteiger partial charge in [0.2, 0.25) is 11.9 Å². The maximum Gasteiger partial charge on any atom is 0.330 e. The molecule has 0 N–H and O–H groups in total. The van der Waals surface area contributed by atoms with Crippen LogP contribution in [0.1, 0.15) is 76.4 Å². The van der Waals surface area contributed by atoms with Crippen molar-refractivity contribution in [3.05, 3.63) is 34.6 Å². The average Bonchev–Trinajstić information content (AvgIpc) is 2.51. The summed E-state index contributed by atoms with van der Waals surface area (Å²) in [6.45, 7) is 10.2. The fourth-order valence-electron chi connectivity index (χ4n) is 2.10. The third kappa shape index (κ3) is 4.55. The summed E-state index contributed by atoms with van der Waals surface area (Å²) in [6, 6.07) is 0. The maximum absolute atomic E-state index is 12.4. The molecule has 0 radical (unpaired) electrons. The Morgan fingerprint density at radius 1 is 1.32 bits per heavy atom. The zero-order chi connectivity index (χ0) is 16.7. The summed E-state index contributed by atoms with van der Waals surface area (Å²) in [5.41, 5.74) is 1.89. The van der Waals surface area contributed by atoms with E-state index in [1.807, 2.05) is 20.8 Å². The normalized spacial score (nSPS) is 14.0. The molecule has 1 heterocycles. The van der Waals surface area contributed by atoms with Crippen molar-refractivity contribution in [3.63, 3.8) is 0 Å². The van der Waals surface area contributed by atoms with E-state index in [9.17, 15) is 10.0 Å². The summed E-state index contributed by atoms with van der Waals surface area (Å²) in [7, 11) is 0. The lowest BCUT2D eigenvalue weighted by molar-refractivity contribution is -0.616. The van der Waals surface area contributed by atoms with Crippen LogP contribution in [0.2, 0.25) is 0 Å². The number of aromatic nitrogens is 2. The van der Waals surface area contributed by atoms with Crippen LogP contribution >= 0.6 is 0 Å². The topological polar surface area (TPSA) is 66.1 Å². The molecule has 22 heavy (non-hydrogen) atoms. The smallest absolute Gasteiger partial charge is 0.330 e. The first-order valence-corrected chi connectivity index (χ1v) is 7.93. The Labute approximate surface area is 132 Å². The molecule has 0 saturated heterocycles. The molecule has 0 spiro atoms. The van der Waals surface area contributed by atoms with Gasteiger partial charge in [0.15, 0.2) is 0 Å². The molecular formula is C17H26N2O3. The number of esters is 1. The van der Waals surface area contributed by atoms with Crippen LogP contribution in [-0.2, 0) is 9.53 Å². The number of ether oxygens (including phenoxy) is 1. The fourth-order valence-corrected chi connectivity index (χ4v) is 2.10. The Bertz CT molecular complexity index is 541. The van der Waals surface area contributed by atoms with Gasteiger partial charge in [0.05, 0.1) is 6.61 Å². The molecule has 0 bridgehead atoms. The summed E-state index contributed by atoms with van der Waals surface area (Å²) < 4.78 is 5.78. The molecule has 0 fully saturated rings. The van der Waals surface area contributed by atoms with Gasteiger partial charge in [-0.1, -0.05) is 27.7 Å². The average molecular weight is 306 g/mol. The first kappa shape index (κ1) is 18.1. The summed E-state index contributed by atoms with van der Waals surface area (Å²) in [4.78, 5) is 16.1. The Kier molecular flexibility index (Phi) is 7.02. The Morgan fingerprint density at radius 3 is 2.50 bits per heavy atom. The summed E-state index contributed by atoms with van der Waals surface area (Å²) in [5.74, 6) is -0.162. The van der Waals surface area contributed by atoms with Gasteiger partial charge in [-0.3, -0.25) is 0 Å². The monoisotopic (exact) mass is 306 g/mol. The van der Waals surface area contributed by atoms with E-state index in [1.54, 1.807) is 19.2 Å². The third-order valence-corrected chi connectivity index (χ3v) is 3.86. The molecule has 5 heteroatoms. The second-order valence-corrected chi connectivity index (χ2v) is 5.47. The Hall–Kier alpha value is -1.91. The van der Waals surface area contributed by atoms with Crippen LogP contribution in [0, 0.1) is 5.21 Å². The number of carbonyl (C=O) groups excluding carboxylic acids is 1. The minimum absolute atomic E-state index is 0.0674. The highest BCUT2D eigenvalue weighted by atomic mass is 16.5. The molecule has 1 aromatic rings.